The summed E-state index contributed by atoms with van der Waals surface area (Å²) in [5.41, 5.74) is 2.68. The first-order valence-corrected chi connectivity index (χ1v) is 6.31. The van der Waals surface area contributed by atoms with E-state index in [4.69, 9.17) is 0 Å². The van der Waals surface area contributed by atoms with Gasteiger partial charge in [0.15, 0.2) is 0 Å². The molecular weight excluding hydrogens is 196 g/mol. The number of carbonyl (C=O) groups excluding carboxylic acids is 1. The Morgan fingerprint density at radius 2 is 2.00 bits per heavy atom. The lowest BCUT2D eigenvalue weighted by atomic mass is 9.85. The summed E-state index contributed by atoms with van der Waals surface area (Å²) in [4.78, 5) is 12.2. The molecule has 1 heteroatoms. The van der Waals surface area contributed by atoms with Crippen LogP contribution in [0.2, 0.25) is 0 Å². The van der Waals surface area contributed by atoms with Crippen molar-refractivity contribution < 1.29 is 4.79 Å². The van der Waals surface area contributed by atoms with E-state index in [1.54, 1.807) is 0 Å². The normalized spacial score (nSPS) is 20.3. The summed E-state index contributed by atoms with van der Waals surface area (Å²) in [6.07, 6.45) is 4.57. The lowest BCUT2D eigenvalue weighted by molar-refractivity contribution is -0.123. The molecule has 0 N–H and O–H groups in total. The van der Waals surface area contributed by atoms with Gasteiger partial charge in [0, 0.05) is 11.8 Å². The largest absolute Gasteiger partial charge is 0.299 e. The summed E-state index contributed by atoms with van der Waals surface area (Å²) < 4.78 is 0. The number of hydrogen-bond donors (Lipinski definition) is 0. The van der Waals surface area contributed by atoms with Gasteiger partial charge >= 0.3 is 0 Å². The molecule has 0 saturated carbocycles. The highest BCUT2D eigenvalue weighted by molar-refractivity contribution is 5.87. The Kier molecular flexibility index (Phi) is 3.42. The Morgan fingerprint density at radius 1 is 1.25 bits per heavy atom. The first kappa shape index (κ1) is 11.4. The number of ketones is 1. The minimum atomic E-state index is 0.149. The fourth-order valence-corrected chi connectivity index (χ4v) is 2.62. The van der Waals surface area contributed by atoms with Gasteiger partial charge in [-0.1, -0.05) is 44.5 Å². The van der Waals surface area contributed by atoms with Gasteiger partial charge in [-0.2, -0.15) is 0 Å². The van der Waals surface area contributed by atoms with Crippen LogP contribution in [-0.2, 0) is 11.2 Å². The molecule has 0 aromatic heterocycles. The van der Waals surface area contributed by atoms with E-state index in [1.165, 1.54) is 24.0 Å². The van der Waals surface area contributed by atoms with Crippen LogP contribution in [0.15, 0.2) is 24.3 Å². The van der Waals surface area contributed by atoms with E-state index >= 15 is 0 Å². The monoisotopic (exact) mass is 216 g/mol. The fourth-order valence-electron chi connectivity index (χ4n) is 2.62. The van der Waals surface area contributed by atoms with Crippen LogP contribution in [0.5, 0.6) is 0 Å². The number of hydrogen-bond acceptors (Lipinski definition) is 1. The van der Waals surface area contributed by atoms with Gasteiger partial charge in [0.1, 0.15) is 5.78 Å². The van der Waals surface area contributed by atoms with Crippen LogP contribution in [-0.4, -0.2) is 5.78 Å². The van der Waals surface area contributed by atoms with Crippen molar-refractivity contribution in [1.29, 1.82) is 0 Å². The van der Waals surface area contributed by atoms with Crippen LogP contribution >= 0.6 is 0 Å². The van der Waals surface area contributed by atoms with Gasteiger partial charge < -0.3 is 0 Å². The zero-order chi connectivity index (χ0) is 11.5. The number of rotatable bonds is 2. The molecule has 1 nitrogen and oxygen atoms in total. The molecule has 1 aliphatic rings. The Morgan fingerprint density at radius 3 is 2.75 bits per heavy atom. The predicted octanol–water partition coefficient (Wildman–Crippen LogP) is 3.72. The van der Waals surface area contributed by atoms with Crippen molar-refractivity contribution in [1.82, 2.24) is 0 Å². The van der Waals surface area contributed by atoms with Gasteiger partial charge in [-0.25, -0.2) is 0 Å². The third-order valence-electron chi connectivity index (χ3n) is 3.53. The van der Waals surface area contributed by atoms with Crippen LogP contribution in [0.25, 0.3) is 0 Å². The summed E-state index contributed by atoms with van der Waals surface area (Å²) in [6.45, 7) is 4.02. The molecule has 86 valence electrons. The Balaban J connectivity index is 2.36. The summed E-state index contributed by atoms with van der Waals surface area (Å²) in [7, 11) is 0. The summed E-state index contributed by atoms with van der Waals surface area (Å²) in [5, 5.41) is 0. The maximum Gasteiger partial charge on any atom is 0.142 e. The van der Waals surface area contributed by atoms with Gasteiger partial charge in [-0.05, 0) is 30.4 Å². The van der Waals surface area contributed by atoms with Crippen molar-refractivity contribution >= 4 is 5.78 Å². The second-order valence-corrected chi connectivity index (χ2v) is 5.05. The zero-order valence-electron chi connectivity index (χ0n) is 10.2. The lowest BCUT2D eigenvalue weighted by Crippen LogP contribution is -2.18. The number of Topliss-reactive ketones (excluding diaryl/α,β-unsaturated/α-hetero) is 1. The Labute approximate surface area is 97.9 Å². The Bertz CT molecular complexity index is 379. The molecule has 2 rings (SSSR count). The molecule has 0 saturated heterocycles. The highest BCUT2D eigenvalue weighted by Crippen LogP contribution is 2.32. The van der Waals surface area contributed by atoms with Crippen molar-refractivity contribution in [3.05, 3.63) is 35.4 Å². The second-order valence-electron chi connectivity index (χ2n) is 5.05. The summed E-state index contributed by atoms with van der Waals surface area (Å²) in [5.74, 6) is 0.712. The van der Waals surface area contributed by atoms with Gasteiger partial charge in [0.05, 0.1) is 0 Å². The maximum absolute atomic E-state index is 12.2. The van der Waals surface area contributed by atoms with Crippen molar-refractivity contribution in [2.75, 3.05) is 0 Å². The van der Waals surface area contributed by atoms with E-state index in [-0.39, 0.29) is 11.8 Å². The minimum absolute atomic E-state index is 0.149. The third-order valence-corrected chi connectivity index (χ3v) is 3.53. The molecule has 0 bridgehead atoms. The molecule has 1 aliphatic carbocycles. The van der Waals surface area contributed by atoms with E-state index in [2.05, 4.69) is 24.3 Å². The molecule has 0 aliphatic heterocycles. The van der Waals surface area contributed by atoms with Crippen LogP contribution in [0.1, 0.15) is 50.2 Å². The van der Waals surface area contributed by atoms with Gasteiger partial charge in [-0.3, -0.25) is 4.79 Å². The molecule has 0 spiro atoms. The molecule has 1 unspecified atom stereocenters. The summed E-state index contributed by atoms with van der Waals surface area (Å²) >= 11 is 0. The van der Waals surface area contributed by atoms with Crippen molar-refractivity contribution in [2.24, 2.45) is 5.92 Å². The van der Waals surface area contributed by atoms with E-state index in [0.29, 0.717) is 5.78 Å². The summed E-state index contributed by atoms with van der Waals surface area (Å²) in [6, 6.07) is 8.47. The average Bonchev–Trinajstić information content (AvgIpc) is 2.50. The van der Waals surface area contributed by atoms with Crippen LogP contribution in [0, 0.1) is 5.92 Å². The van der Waals surface area contributed by atoms with Crippen LogP contribution in [0.3, 0.4) is 0 Å². The molecule has 0 amide bonds. The molecule has 1 atom stereocenters. The fraction of sp³-hybridized carbons (Fsp3) is 0.533. The van der Waals surface area contributed by atoms with Crippen LogP contribution < -0.4 is 0 Å². The number of fused-ring (bicyclic) bond motifs is 1. The molecule has 1 aromatic carbocycles. The van der Waals surface area contributed by atoms with Crippen molar-refractivity contribution in [2.45, 2.75) is 45.4 Å². The van der Waals surface area contributed by atoms with E-state index in [9.17, 15) is 4.79 Å². The first-order chi connectivity index (χ1) is 7.70. The highest BCUT2D eigenvalue weighted by atomic mass is 16.1. The molecular formula is C15H20O. The predicted molar refractivity (Wildman–Crippen MR) is 66.6 cm³/mol. The van der Waals surface area contributed by atoms with Gasteiger partial charge in [0.25, 0.3) is 0 Å². The van der Waals surface area contributed by atoms with Gasteiger partial charge in [-0.15, -0.1) is 0 Å². The van der Waals surface area contributed by atoms with Gasteiger partial charge in [0.2, 0.25) is 0 Å². The van der Waals surface area contributed by atoms with E-state index < -0.39 is 0 Å². The maximum atomic E-state index is 12.2. The lowest BCUT2D eigenvalue weighted by Gasteiger charge is -2.18. The van der Waals surface area contributed by atoms with Crippen molar-refractivity contribution in [3.63, 3.8) is 0 Å². The average molecular weight is 216 g/mol. The molecule has 0 fully saturated rings. The molecule has 0 heterocycles. The smallest absolute Gasteiger partial charge is 0.142 e. The highest BCUT2D eigenvalue weighted by Gasteiger charge is 2.26. The second kappa shape index (κ2) is 4.82. The Hall–Kier alpha value is -1.11. The minimum Gasteiger partial charge on any atom is -0.299 e. The van der Waals surface area contributed by atoms with E-state index in [0.717, 1.165) is 12.8 Å². The zero-order valence-corrected chi connectivity index (χ0v) is 10.2. The quantitative estimate of drug-likeness (QED) is 0.688. The molecule has 0 radical (unpaired) electrons. The first-order valence-electron chi connectivity index (χ1n) is 6.31. The standard InChI is InChI=1S/C15H20O/c1-11(2)15(16)14-10-6-4-8-12-7-3-5-9-13(12)14/h3,5,7,9,11,14H,4,6,8,10H2,1-2H3. The molecule has 16 heavy (non-hydrogen) atoms. The van der Waals surface area contributed by atoms with Crippen molar-refractivity contribution in [3.8, 4) is 0 Å². The van der Waals surface area contributed by atoms with E-state index in [1.807, 2.05) is 13.8 Å². The third kappa shape index (κ3) is 2.18. The number of carbonyl (C=O) groups is 1. The number of benzene rings is 1. The number of aryl methyl sites for hydroxylation is 1. The topological polar surface area (TPSA) is 17.1 Å². The van der Waals surface area contributed by atoms with Crippen LogP contribution in [0.4, 0.5) is 0 Å². The SMILES string of the molecule is CC(C)C(=O)C1CCCCc2ccccc21. The molecule has 1 aromatic rings.